The third-order valence-corrected chi connectivity index (χ3v) is 4.31. The Balaban J connectivity index is 1.43. The van der Waals surface area contributed by atoms with Crippen molar-refractivity contribution >= 4 is 35.3 Å². The lowest BCUT2D eigenvalue weighted by atomic mass is 10.2. The molecule has 0 aliphatic rings. The number of halogens is 1. The van der Waals surface area contributed by atoms with Crippen LogP contribution in [0.1, 0.15) is 5.56 Å². The first kappa shape index (κ1) is 23.9. The quantitative estimate of drug-likeness (QED) is 0.269. The number of methoxy groups -OCH3 is 1. The Kier molecular flexibility index (Phi) is 8.28. The topological polar surface area (TPSA) is 118 Å². The minimum atomic E-state index is -1.06. The fourth-order valence-corrected chi connectivity index (χ4v) is 2.65. The molecule has 0 fully saturated rings. The van der Waals surface area contributed by atoms with Crippen molar-refractivity contribution in [2.45, 2.75) is 0 Å². The van der Waals surface area contributed by atoms with Crippen LogP contribution in [0.3, 0.4) is 0 Å². The lowest BCUT2D eigenvalue weighted by Crippen LogP contribution is -2.32. The molecule has 0 aliphatic carbocycles. The Morgan fingerprint density at radius 1 is 0.912 bits per heavy atom. The zero-order valence-electron chi connectivity index (χ0n) is 18.1. The van der Waals surface area contributed by atoms with Gasteiger partial charge in [0.25, 0.3) is 5.91 Å². The number of hydrogen-bond donors (Lipinski definition) is 3. The van der Waals surface area contributed by atoms with Crippen molar-refractivity contribution in [2.75, 3.05) is 24.4 Å². The van der Waals surface area contributed by atoms with Crippen LogP contribution in [0.4, 0.5) is 15.8 Å². The maximum absolute atomic E-state index is 13.5. The van der Waals surface area contributed by atoms with E-state index in [2.05, 4.69) is 21.2 Å². The van der Waals surface area contributed by atoms with Gasteiger partial charge in [-0.25, -0.2) is 9.82 Å². The maximum Gasteiger partial charge on any atom is 0.329 e. The molecule has 0 aliphatic heterocycles. The van der Waals surface area contributed by atoms with Crippen LogP contribution in [0, 0.1) is 5.82 Å². The molecule has 174 valence electrons. The predicted molar refractivity (Wildman–Crippen MR) is 124 cm³/mol. The molecule has 0 atom stereocenters. The second kappa shape index (κ2) is 11.8. The SMILES string of the molecule is COc1cccc(NC(=O)COc2ccc(/C=N\NC(=O)C(=O)Nc3ccccc3F)cc2)c1. The summed E-state index contributed by atoms with van der Waals surface area (Å²) >= 11 is 0. The van der Waals surface area contributed by atoms with Gasteiger partial charge in [0.1, 0.15) is 17.3 Å². The van der Waals surface area contributed by atoms with Crippen LogP contribution in [-0.4, -0.2) is 37.7 Å². The van der Waals surface area contributed by atoms with Gasteiger partial charge in [-0.2, -0.15) is 5.10 Å². The molecule has 0 radical (unpaired) electrons. The van der Waals surface area contributed by atoms with E-state index in [4.69, 9.17) is 9.47 Å². The smallest absolute Gasteiger partial charge is 0.329 e. The number of nitrogens with zero attached hydrogens (tertiary/aromatic N) is 1. The monoisotopic (exact) mass is 464 g/mol. The number of hydrogen-bond acceptors (Lipinski definition) is 6. The molecular formula is C24H21FN4O5. The van der Waals surface area contributed by atoms with E-state index in [-0.39, 0.29) is 18.2 Å². The Labute approximate surface area is 194 Å². The lowest BCUT2D eigenvalue weighted by molar-refractivity contribution is -0.136. The van der Waals surface area contributed by atoms with Gasteiger partial charge in [0, 0.05) is 11.8 Å². The van der Waals surface area contributed by atoms with E-state index in [1.165, 1.54) is 31.5 Å². The maximum atomic E-state index is 13.5. The Morgan fingerprint density at radius 3 is 2.41 bits per heavy atom. The molecule has 3 rings (SSSR count). The van der Waals surface area contributed by atoms with Crippen LogP contribution in [-0.2, 0) is 14.4 Å². The summed E-state index contributed by atoms with van der Waals surface area (Å²) in [4.78, 5) is 35.7. The van der Waals surface area contributed by atoms with E-state index in [1.807, 2.05) is 0 Å². The standard InChI is InChI=1S/C24H21FN4O5/c1-33-19-6-4-5-17(13-19)27-22(30)15-34-18-11-9-16(10-12-18)14-26-29-24(32)23(31)28-21-8-3-2-7-20(21)25/h2-14H,15H2,1H3,(H,27,30)(H,28,31)(H,29,32)/b26-14-. The van der Waals surface area contributed by atoms with E-state index in [9.17, 15) is 18.8 Å². The van der Waals surface area contributed by atoms with Gasteiger partial charge in [0.05, 0.1) is 19.0 Å². The summed E-state index contributed by atoms with van der Waals surface area (Å²) in [6.45, 7) is -0.197. The Hall–Kier alpha value is -4.73. The van der Waals surface area contributed by atoms with Crippen molar-refractivity contribution in [3.8, 4) is 11.5 Å². The molecule has 3 amide bonds. The van der Waals surface area contributed by atoms with E-state index in [1.54, 1.807) is 48.5 Å². The van der Waals surface area contributed by atoms with Gasteiger partial charge in [-0.1, -0.05) is 18.2 Å². The van der Waals surface area contributed by atoms with Crippen molar-refractivity contribution in [2.24, 2.45) is 5.10 Å². The molecule has 0 saturated heterocycles. The van der Waals surface area contributed by atoms with Crippen LogP contribution >= 0.6 is 0 Å². The van der Waals surface area contributed by atoms with Crippen LogP contribution in [0.25, 0.3) is 0 Å². The molecule has 34 heavy (non-hydrogen) atoms. The third kappa shape index (κ3) is 7.16. The highest BCUT2D eigenvalue weighted by Gasteiger charge is 2.14. The van der Waals surface area contributed by atoms with E-state index in [0.717, 1.165) is 6.07 Å². The number of anilines is 2. The number of carbonyl (C=O) groups is 3. The average molecular weight is 464 g/mol. The van der Waals surface area contributed by atoms with Crippen molar-refractivity contribution in [3.63, 3.8) is 0 Å². The van der Waals surface area contributed by atoms with Gasteiger partial charge in [-0.3, -0.25) is 14.4 Å². The number of rotatable bonds is 8. The number of amides is 3. The molecular weight excluding hydrogens is 443 g/mol. The number of para-hydroxylation sites is 1. The second-order valence-corrected chi connectivity index (χ2v) is 6.77. The molecule has 3 N–H and O–H groups in total. The van der Waals surface area contributed by atoms with Crippen LogP contribution in [0.2, 0.25) is 0 Å². The normalized spacial score (nSPS) is 10.4. The third-order valence-electron chi connectivity index (χ3n) is 4.31. The number of hydrazone groups is 1. The number of ether oxygens (including phenoxy) is 2. The molecule has 0 aromatic heterocycles. The highest BCUT2D eigenvalue weighted by Crippen LogP contribution is 2.17. The molecule has 3 aromatic carbocycles. The molecule has 10 heteroatoms. The number of carbonyl (C=O) groups excluding carboxylic acids is 3. The first-order chi connectivity index (χ1) is 16.4. The Bertz CT molecular complexity index is 1200. The minimum absolute atomic E-state index is 0.112. The average Bonchev–Trinajstić information content (AvgIpc) is 2.85. The Morgan fingerprint density at radius 2 is 1.68 bits per heavy atom. The summed E-state index contributed by atoms with van der Waals surface area (Å²) in [5.41, 5.74) is 3.14. The second-order valence-electron chi connectivity index (χ2n) is 6.77. The van der Waals surface area contributed by atoms with Crippen molar-refractivity contribution in [1.29, 1.82) is 0 Å². The molecule has 0 unspecified atom stereocenters. The fraction of sp³-hybridized carbons (Fsp3) is 0.0833. The van der Waals surface area contributed by atoms with Crippen LogP contribution in [0.5, 0.6) is 11.5 Å². The van der Waals surface area contributed by atoms with Gasteiger partial charge < -0.3 is 20.1 Å². The summed E-state index contributed by atoms with van der Waals surface area (Å²) in [5.74, 6) is -2.04. The highest BCUT2D eigenvalue weighted by molar-refractivity contribution is 6.39. The van der Waals surface area contributed by atoms with Crippen molar-refractivity contribution in [1.82, 2.24) is 5.43 Å². The summed E-state index contributed by atoms with van der Waals surface area (Å²) in [6.07, 6.45) is 1.31. The number of benzene rings is 3. The molecule has 0 heterocycles. The molecule has 0 bridgehead atoms. The summed E-state index contributed by atoms with van der Waals surface area (Å²) in [7, 11) is 1.54. The first-order valence-electron chi connectivity index (χ1n) is 10.0. The van der Waals surface area contributed by atoms with E-state index < -0.39 is 17.6 Å². The van der Waals surface area contributed by atoms with Crippen LogP contribution < -0.4 is 25.5 Å². The lowest BCUT2D eigenvalue weighted by Gasteiger charge is -2.08. The predicted octanol–water partition coefficient (Wildman–Crippen LogP) is 2.94. The van der Waals surface area contributed by atoms with Gasteiger partial charge in [0.2, 0.25) is 0 Å². The minimum Gasteiger partial charge on any atom is -0.497 e. The largest absolute Gasteiger partial charge is 0.497 e. The molecule has 9 nitrogen and oxygen atoms in total. The number of nitrogens with one attached hydrogen (secondary N) is 3. The van der Waals surface area contributed by atoms with Gasteiger partial charge in [-0.15, -0.1) is 0 Å². The summed E-state index contributed by atoms with van der Waals surface area (Å²) in [6, 6.07) is 18.9. The van der Waals surface area contributed by atoms with Crippen LogP contribution in [0.15, 0.2) is 77.9 Å². The molecule has 0 saturated carbocycles. The van der Waals surface area contributed by atoms with Gasteiger partial charge >= 0.3 is 11.8 Å². The van der Waals surface area contributed by atoms with Gasteiger partial charge in [0.15, 0.2) is 6.61 Å². The van der Waals surface area contributed by atoms with E-state index >= 15 is 0 Å². The molecule has 3 aromatic rings. The van der Waals surface area contributed by atoms with E-state index in [0.29, 0.717) is 22.7 Å². The van der Waals surface area contributed by atoms with Crippen molar-refractivity contribution in [3.05, 3.63) is 84.2 Å². The summed E-state index contributed by atoms with van der Waals surface area (Å²) in [5, 5.41) is 8.56. The van der Waals surface area contributed by atoms with Crippen molar-refractivity contribution < 1.29 is 28.2 Å². The molecule has 0 spiro atoms. The fourth-order valence-electron chi connectivity index (χ4n) is 2.65. The zero-order valence-corrected chi connectivity index (χ0v) is 18.1. The highest BCUT2D eigenvalue weighted by atomic mass is 19.1. The summed E-state index contributed by atoms with van der Waals surface area (Å²) < 4.78 is 24.1. The van der Waals surface area contributed by atoms with Gasteiger partial charge in [-0.05, 0) is 54.1 Å². The first-order valence-corrected chi connectivity index (χ1v) is 10.0. The zero-order chi connectivity index (χ0) is 24.3.